The number of hydrogen-bond donors (Lipinski definition) is 0. The standard InChI is InChI=1S/C36H29BN2S/c1-36(2,3)24-20-22-26(23-21-24)38-29-16-9-8-15-28(29)37-33-30(38)17-11-18-31(33)39(25-12-5-4-6-13-25)34-27-14-7-10-19-32(27)40-35(34)37/h4-23H,1-3H3. The molecule has 0 radical (unpaired) electrons. The Hall–Kier alpha value is -4.28. The highest BCUT2D eigenvalue weighted by molar-refractivity contribution is 7.33. The molecule has 0 amide bonds. The van der Waals surface area contributed by atoms with Crippen molar-refractivity contribution in [3.05, 3.63) is 127 Å². The van der Waals surface area contributed by atoms with Crippen molar-refractivity contribution in [2.24, 2.45) is 0 Å². The Labute approximate surface area is 240 Å². The van der Waals surface area contributed by atoms with E-state index < -0.39 is 0 Å². The number of rotatable bonds is 2. The fourth-order valence-corrected chi connectivity index (χ4v) is 7.87. The van der Waals surface area contributed by atoms with Crippen molar-refractivity contribution in [3.63, 3.8) is 0 Å². The van der Waals surface area contributed by atoms with E-state index in [9.17, 15) is 0 Å². The third-order valence-electron chi connectivity index (χ3n) is 8.41. The summed E-state index contributed by atoms with van der Waals surface area (Å²) in [5, 5.41) is 1.32. The van der Waals surface area contributed by atoms with E-state index in [1.54, 1.807) is 0 Å². The zero-order chi connectivity index (χ0) is 27.0. The van der Waals surface area contributed by atoms with Crippen LogP contribution in [0, 0.1) is 0 Å². The summed E-state index contributed by atoms with van der Waals surface area (Å²) in [5.74, 6) is 0. The first-order chi connectivity index (χ1) is 19.5. The average Bonchev–Trinajstić information content (AvgIpc) is 3.36. The molecule has 0 fully saturated rings. The summed E-state index contributed by atoms with van der Waals surface area (Å²) < 4.78 is 2.75. The molecule has 6 aromatic rings. The average molecular weight is 533 g/mol. The Bertz CT molecular complexity index is 1900. The normalized spacial score (nSPS) is 13.7. The van der Waals surface area contributed by atoms with Gasteiger partial charge in [-0.2, -0.15) is 0 Å². The van der Waals surface area contributed by atoms with Gasteiger partial charge < -0.3 is 9.80 Å². The molecule has 0 aliphatic carbocycles. The molecule has 0 unspecified atom stereocenters. The first-order valence-corrected chi connectivity index (χ1v) is 14.8. The van der Waals surface area contributed by atoms with Gasteiger partial charge in [0.1, 0.15) is 0 Å². The van der Waals surface area contributed by atoms with Crippen molar-refractivity contribution in [2.45, 2.75) is 26.2 Å². The van der Waals surface area contributed by atoms with Crippen LogP contribution in [0.15, 0.2) is 121 Å². The molecule has 2 nitrogen and oxygen atoms in total. The van der Waals surface area contributed by atoms with Crippen LogP contribution >= 0.6 is 11.3 Å². The molecule has 5 aromatic carbocycles. The Morgan fingerprint density at radius 2 is 1.20 bits per heavy atom. The van der Waals surface area contributed by atoms with Crippen LogP contribution in [0.4, 0.5) is 34.1 Å². The zero-order valence-corrected chi connectivity index (χ0v) is 23.7. The third kappa shape index (κ3) is 3.36. The minimum Gasteiger partial charge on any atom is -0.311 e. The molecule has 0 saturated carbocycles. The molecule has 0 bridgehead atoms. The number of anilines is 6. The van der Waals surface area contributed by atoms with Gasteiger partial charge in [0.05, 0.1) is 5.69 Å². The molecule has 2 aliphatic heterocycles. The van der Waals surface area contributed by atoms with Gasteiger partial charge in [-0.05, 0) is 70.4 Å². The van der Waals surface area contributed by atoms with Crippen LogP contribution in [0.3, 0.4) is 0 Å². The quantitative estimate of drug-likeness (QED) is 0.207. The van der Waals surface area contributed by atoms with Gasteiger partial charge >= 0.3 is 0 Å². The van der Waals surface area contributed by atoms with Crippen molar-refractivity contribution in [3.8, 4) is 0 Å². The topological polar surface area (TPSA) is 6.48 Å². The van der Waals surface area contributed by atoms with Gasteiger partial charge in [0.2, 0.25) is 0 Å². The highest BCUT2D eigenvalue weighted by Gasteiger charge is 2.44. The third-order valence-corrected chi connectivity index (χ3v) is 9.63. The van der Waals surface area contributed by atoms with Crippen molar-refractivity contribution in [1.82, 2.24) is 0 Å². The smallest absolute Gasteiger partial charge is 0.264 e. The maximum atomic E-state index is 2.50. The Balaban J connectivity index is 1.44. The molecule has 192 valence electrons. The fourth-order valence-electron chi connectivity index (χ4n) is 6.55. The molecule has 8 rings (SSSR count). The van der Waals surface area contributed by atoms with Crippen LogP contribution in [0.5, 0.6) is 0 Å². The minimum atomic E-state index is 0.114. The van der Waals surface area contributed by atoms with Gasteiger partial charge in [-0.15, -0.1) is 11.3 Å². The van der Waals surface area contributed by atoms with Gasteiger partial charge in [-0.25, -0.2) is 0 Å². The summed E-state index contributed by atoms with van der Waals surface area (Å²) in [6, 6.07) is 44.7. The van der Waals surface area contributed by atoms with Crippen LogP contribution in [0.2, 0.25) is 0 Å². The number of para-hydroxylation sites is 2. The minimum absolute atomic E-state index is 0.114. The lowest BCUT2D eigenvalue weighted by Gasteiger charge is -2.43. The van der Waals surface area contributed by atoms with Crippen LogP contribution in [-0.2, 0) is 5.41 Å². The molecule has 3 heterocycles. The number of thiophene rings is 1. The molecule has 0 saturated heterocycles. The van der Waals surface area contributed by atoms with E-state index in [0.29, 0.717) is 0 Å². The van der Waals surface area contributed by atoms with Gasteiger partial charge in [0.15, 0.2) is 0 Å². The number of fused-ring (bicyclic) bond motifs is 6. The first-order valence-electron chi connectivity index (χ1n) is 14.0. The van der Waals surface area contributed by atoms with E-state index in [0.717, 1.165) is 0 Å². The summed E-state index contributed by atoms with van der Waals surface area (Å²) in [6.45, 7) is 7.01. The maximum Gasteiger partial charge on any atom is 0.264 e. The summed E-state index contributed by atoms with van der Waals surface area (Å²) >= 11 is 1.94. The molecule has 2 aliphatic rings. The number of nitrogens with zero attached hydrogens (tertiary/aromatic N) is 2. The fraction of sp³-hybridized carbons (Fsp3) is 0.111. The SMILES string of the molecule is CC(C)(C)c1ccc(N2c3ccccc3B3c4sc5ccccc5c4N(c4ccccc4)c4cccc2c43)cc1. The molecular weight excluding hydrogens is 503 g/mol. The van der Waals surface area contributed by atoms with Crippen LogP contribution < -0.4 is 25.5 Å². The number of benzene rings is 5. The van der Waals surface area contributed by atoms with Gasteiger partial charge in [0, 0.05) is 43.3 Å². The van der Waals surface area contributed by atoms with E-state index in [4.69, 9.17) is 0 Å². The molecule has 0 N–H and O–H groups in total. The zero-order valence-electron chi connectivity index (χ0n) is 22.9. The molecular formula is C36H29BN2S. The van der Waals surface area contributed by atoms with Crippen molar-refractivity contribution in [1.29, 1.82) is 0 Å². The first kappa shape index (κ1) is 23.6. The van der Waals surface area contributed by atoms with E-state index in [1.807, 2.05) is 11.3 Å². The lowest BCUT2D eigenvalue weighted by Crippen LogP contribution is -2.60. The van der Waals surface area contributed by atoms with E-state index in [-0.39, 0.29) is 12.1 Å². The molecule has 0 atom stereocenters. The van der Waals surface area contributed by atoms with E-state index in [1.165, 1.54) is 65.5 Å². The second-order valence-corrected chi connectivity index (χ2v) is 12.9. The summed E-state index contributed by atoms with van der Waals surface area (Å²) in [6.07, 6.45) is 0. The van der Waals surface area contributed by atoms with Crippen LogP contribution in [0.25, 0.3) is 10.1 Å². The largest absolute Gasteiger partial charge is 0.311 e. The summed E-state index contributed by atoms with van der Waals surface area (Å²) in [5.41, 5.74) is 11.7. The summed E-state index contributed by atoms with van der Waals surface area (Å²) in [4.78, 5) is 4.97. The summed E-state index contributed by atoms with van der Waals surface area (Å²) in [7, 11) is 0. The lowest BCUT2D eigenvalue weighted by atomic mass is 9.36. The predicted octanol–water partition coefficient (Wildman–Crippen LogP) is 8.28. The van der Waals surface area contributed by atoms with Crippen LogP contribution in [0.1, 0.15) is 26.3 Å². The van der Waals surface area contributed by atoms with Gasteiger partial charge in [-0.3, -0.25) is 0 Å². The Morgan fingerprint density at radius 1 is 0.575 bits per heavy atom. The van der Waals surface area contributed by atoms with Gasteiger partial charge in [-0.1, -0.05) is 93.6 Å². The van der Waals surface area contributed by atoms with Crippen molar-refractivity contribution < 1.29 is 0 Å². The van der Waals surface area contributed by atoms with E-state index in [2.05, 4.69) is 152 Å². The highest BCUT2D eigenvalue weighted by Crippen LogP contribution is 2.47. The molecule has 4 heteroatoms. The highest BCUT2D eigenvalue weighted by atomic mass is 32.1. The Morgan fingerprint density at radius 3 is 1.98 bits per heavy atom. The molecule has 1 aromatic heterocycles. The molecule has 0 spiro atoms. The van der Waals surface area contributed by atoms with Crippen molar-refractivity contribution >= 4 is 78.0 Å². The van der Waals surface area contributed by atoms with Crippen molar-refractivity contribution in [2.75, 3.05) is 9.80 Å². The molecule has 40 heavy (non-hydrogen) atoms. The second kappa shape index (κ2) is 8.61. The van der Waals surface area contributed by atoms with Crippen LogP contribution in [-0.4, -0.2) is 6.71 Å². The number of hydrogen-bond acceptors (Lipinski definition) is 3. The maximum absolute atomic E-state index is 2.50. The van der Waals surface area contributed by atoms with Gasteiger partial charge in [0.25, 0.3) is 6.71 Å². The monoisotopic (exact) mass is 532 g/mol. The second-order valence-electron chi connectivity index (χ2n) is 11.8. The Kier molecular flexibility index (Phi) is 5.08. The van der Waals surface area contributed by atoms with E-state index >= 15 is 0 Å². The predicted molar refractivity (Wildman–Crippen MR) is 175 cm³/mol. The lowest BCUT2D eigenvalue weighted by molar-refractivity contribution is 0.590.